The molecule has 2 rings (SSSR count). The molecule has 1 amide bonds. The highest BCUT2D eigenvalue weighted by Gasteiger charge is 2.19. The van der Waals surface area contributed by atoms with Crippen molar-refractivity contribution in [2.45, 2.75) is 32.7 Å². The molecule has 0 spiro atoms. The van der Waals surface area contributed by atoms with Crippen molar-refractivity contribution in [3.8, 4) is 0 Å². The second kappa shape index (κ2) is 6.05. The Labute approximate surface area is 123 Å². The number of hydrogen-bond acceptors (Lipinski definition) is 4. The summed E-state index contributed by atoms with van der Waals surface area (Å²) in [4.78, 5) is 17.7. The van der Waals surface area contributed by atoms with Crippen LogP contribution < -0.4 is 11.1 Å². The first-order chi connectivity index (χ1) is 9.47. The summed E-state index contributed by atoms with van der Waals surface area (Å²) in [5, 5.41) is 3.92. The zero-order valence-corrected chi connectivity index (χ0v) is 12.7. The summed E-state index contributed by atoms with van der Waals surface area (Å²) in [5.74, 6) is -0.252. The van der Waals surface area contributed by atoms with Gasteiger partial charge in [-0.15, -0.1) is 11.3 Å². The minimum Gasteiger partial charge on any atom is -0.399 e. The number of thiazole rings is 1. The molecule has 1 heterocycles. The van der Waals surface area contributed by atoms with Crippen molar-refractivity contribution in [1.29, 1.82) is 0 Å². The van der Waals surface area contributed by atoms with Crippen LogP contribution in [0.1, 0.15) is 41.3 Å². The average Bonchev–Trinajstić information content (AvgIpc) is 2.84. The molecule has 1 aromatic carbocycles. The van der Waals surface area contributed by atoms with Gasteiger partial charge >= 0.3 is 0 Å². The second-order valence-corrected chi connectivity index (χ2v) is 6.20. The third-order valence-electron chi connectivity index (χ3n) is 3.17. The summed E-state index contributed by atoms with van der Waals surface area (Å²) in [6.45, 7) is 5.83. The molecule has 5 heteroatoms. The van der Waals surface area contributed by atoms with Crippen LogP contribution in [0, 0.1) is 6.92 Å². The molecular weight excluding hydrogens is 270 g/mol. The van der Waals surface area contributed by atoms with E-state index in [0.29, 0.717) is 5.69 Å². The quantitative estimate of drug-likeness (QED) is 0.850. The van der Waals surface area contributed by atoms with E-state index in [-0.39, 0.29) is 17.9 Å². The summed E-state index contributed by atoms with van der Waals surface area (Å²) in [7, 11) is 0. The Morgan fingerprint density at radius 3 is 2.75 bits per heavy atom. The van der Waals surface area contributed by atoms with E-state index in [1.165, 1.54) is 0 Å². The fourth-order valence-electron chi connectivity index (χ4n) is 1.95. The van der Waals surface area contributed by atoms with Crippen LogP contribution in [0.3, 0.4) is 0 Å². The molecule has 0 saturated carbocycles. The number of nitrogens with two attached hydrogens (primary N) is 1. The van der Waals surface area contributed by atoms with E-state index in [1.807, 2.05) is 51.2 Å². The van der Waals surface area contributed by atoms with Gasteiger partial charge in [-0.25, -0.2) is 4.98 Å². The lowest BCUT2D eigenvalue weighted by molar-refractivity contribution is -0.122. The maximum atomic E-state index is 12.3. The Hall–Kier alpha value is -1.88. The van der Waals surface area contributed by atoms with Gasteiger partial charge in [0, 0.05) is 16.8 Å². The highest BCUT2D eigenvalue weighted by molar-refractivity contribution is 7.11. The van der Waals surface area contributed by atoms with Crippen LogP contribution in [0.25, 0.3) is 0 Å². The monoisotopic (exact) mass is 289 g/mol. The van der Waals surface area contributed by atoms with Crippen molar-refractivity contribution in [2.24, 2.45) is 0 Å². The number of aromatic nitrogens is 1. The molecule has 4 nitrogen and oxygen atoms in total. The van der Waals surface area contributed by atoms with Gasteiger partial charge < -0.3 is 11.1 Å². The van der Waals surface area contributed by atoms with Gasteiger partial charge in [-0.05, 0) is 38.5 Å². The summed E-state index contributed by atoms with van der Waals surface area (Å²) in [6.07, 6.45) is 1.82. The molecule has 2 unspecified atom stereocenters. The smallest absolute Gasteiger partial charge is 0.227 e. The fraction of sp³-hybridized carbons (Fsp3) is 0.333. The van der Waals surface area contributed by atoms with Gasteiger partial charge in [0.05, 0.1) is 12.0 Å². The minimum absolute atomic E-state index is 0.0176. The van der Waals surface area contributed by atoms with Crippen LogP contribution in [0.5, 0.6) is 0 Å². The standard InChI is InChI=1S/C15H19N3OS/c1-9-8-17-15(20-9)11(3)18-14(19)10(2)12-5-4-6-13(16)7-12/h4-8,10-11H,16H2,1-3H3,(H,18,19). The second-order valence-electron chi connectivity index (χ2n) is 4.93. The van der Waals surface area contributed by atoms with Crippen LogP contribution in [0.2, 0.25) is 0 Å². The highest BCUT2D eigenvalue weighted by atomic mass is 32.1. The van der Waals surface area contributed by atoms with Crippen molar-refractivity contribution in [2.75, 3.05) is 5.73 Å². The van der Waals surface area contributed by atoms with Gasteiger partial charge in [0.15, 0.2) is 0 Å². The zero-order valence-electron chi connectivity index (χ0n) is 11.9. The number of benzene rings is 1. The number of rotatable bonds is 4. The Morgan fingerprint density at radius 2 is 2.15 bits per heavy atom. The molecule has 3 N–H and O–H groups in total. The molecule has 0 saturated heterocycles. The first-order valence-electron chi connectivity index (χ1n) is 6.55. The molecule has 2 aromatic rings. The number of carbonyl (C=O) groups is 1. The maximum absolute atomic E-state index is 12.3. The Bertz CT molecular complexity index is 609. The normalized spacial score (nSPS) is 13.8. The molecule has 0 aliphatic heterocycles. The summed E-state index contributed by atoms with van der Waals surface area (Å²) in [6, 6.07) is 7.35. The van der Waals surface area contributed by atoms with Crippen LogP contribution >= 0.6 is 11.3 Å². The zero-order chi connectivity index (χ0) is 14.7. The molecule has 0 bridgehead atoms. The molecule has 0 aliphatic rings. The number of nitrogen functional groups attached to an aromatic ring is 1. The molecule has 1 aromatic heterocycles. The van der Waals surface area contributed by atoms with Crippen LogP contribution in [0.15, 0.2) is 30.5 Å². The lowest BCUT2D eigenvalue weighted by atomic mass is 9.99. The third-order valence-corrected chi connectivity index (χ3v) is 4.27. The van der Waals surface area contributed by atoms with Crippen molar-refractivity contribution in [3.63, 3.8) is 0 Å². The average molecular weight is 289 g/mol. The number of aryl methyl sites for hydroxylation is 1. The molecule has 20 heavy (non-hydrogen) atoms. The van der Waals surface area contributed by atoms with E-state index in [1.54, 1.807) is 11.3 Å². The minimum atomic E-state index is -0.234. The van der Waals surface area contributed by atoms with Gasteiger partial charge in [0.1, 0.15) is 5.01 Å². The predicted octanol–water partition coefficient (Wildman–Crippen LogP) is 3.01. The Kier molecular flexibility index (Phi) is 4.39. The fourth-order valence-corrected chi connectivity index (χ4v) is 2.73. The van der Waals surface area contributed by atoms with Gasteiger partial charge in [-0.2, -0.15) is 0 Å². The largest absolute Gasteiger partial charge is 0.399 e. The molecule has 0 aliphatic carbocycles. The Morgan fingerprint density at radius 1 is 1.40 bits per heavy atom. The van der Waals surface area contributed by atoms with Crippen molar-refractivity contribution < 1.29 is 4.79 Å². The van der Waals surface area contributed by atoms with E-state index in [2.05, 4.69) is 10.3 Å². The molecule has 2 atom stereocenters. The van der Waals surface area contributed by atoms with Crippen LogP contribution in [-0.4, -0.2) is 10.9 Å². The van der Waals surface area contributed by atoms with Gasteiger partial charge in [-0.1, -0.05) is 12.1 Å². The van der Waals surface area contributed by atoms with E-state index >= 15 is 0 Å². The van der Waals surface area contributed by atoms with E-state index < -0.39 is 0 Å². The van der Waals surface area contributed by atoms with Gasteiger partial charge in [0.25, 0.3) is 0 Å². The highest BCUT2D eigenvalue weighted by Crippen LogP contribution is 2.22. The SMILES string of the molecule is Cc1cnc(C(C)NC(=O)C(C)c2cccc(N)c2)s1. The number of nitrogens with zero attached hydrogens (tertiary/aromatic N) is 1. The number of anilines is 1. The van der Waals surface area contributed by atoms with E-state index in [4.69, 9.17) is 5.73 Å². The first-order valence-corrected chi connectivity index (χ1v) is 7.37. The van der Waals surface area contributed by atoms with E-state index in [0.717, 1.165) is 15.4 Å². The molecule has 106 valence electrons. The third kappa shape index (κ3) is 3.36. The van der Waals surface area contributed by atoms with Crippen molar-refractivity contribution >= 4 is 22.9 Å². The molecule has 0 radical (unpaired) electrons. The van der Waals surface area contributed by atoms with Crippen molar-refractivity contribution in [1.82, 2.24) is 10.3 Å². The van der Waals surface area contributed by atoms with Gasteiger partial charge in [0.2, 0.25) is 5.91 Å². The lowest BCUT2D eigenvalue weighted by Crippen LogP contribution is -2.30. The topological polar surface area (TPSA) is 68.0 Å². The van der Waals surface area contributed by atoms with Crippen LogP contribution in [-0.2, 0) is 4.79 Å². The number of nitrogens with one attached hydrogen (secondary N) is 1. The number of carbonyl (C=O) groups excluding carboxylic acids is 1. The van der Waals surface area contributed by atoms with E-state index in [9.17, 15) is 4.79 Å². The van der Waals surface area contributed by atoms with Crippen molar-refractivity contribution in [3.05, 3.63) is 45.9 Å². The first kappa shape index (κ1) is 14.5. The van der Waals surface area contributed by atoms with Gasteiger partial charge in [-0.3, -0.25) is 4.79 Å². The summed E-state index contributed by atoms with van der Waals surface area (Å²) in [5.41, 5.74) is 7.34. The molecule has 0 fully saturated rings. The maximum Gasteiger partial charge on any atom is 0.227 e. The van der Waals surface area contributed by atoms with Crippen LogP contribution in [0.4, 0.5) is 5.69 Å². The molecular formula is C15H19N3OS. The Balaban J connectivity index is 2.04. The lowest BCUT2D eigenvalue weighted by Gasteiger charge is -2.16. The number of hydrogen-bond donors (Lipinski definition) is 2. The summed E-state index contributed by atoms with van der Waals surface area (Å²) >= 11 is 1.60. The number of amides is 1. The predicted molar refractivity (Wildman–Crippen MR) is 82.7 cm³/mol. The summed E-state index contributed by atoms with van der Waals surface area (Å²) < 4.78 is 0.